The van der Waals surface area contributed by atoms with E-state index in [9.17, 15) is 9.59 Å². The molecule has 1 aromatic heterocycles. The number of carbonyl (C=O) groups excluding carboxylic acids is 1. The van der Waals surface area contributed by atoms with E-state index in [4.69, 9.17) is 0 Å². The third-order valence-corrected chi connectivity index (χ3v) is 4.97. The van der Waals surface area contributed by atoms with Crippen LogP contribution in [0.4, 0.5) is 0 Å². The fourth-order valence-electron chi connectivity index (χ4n) is 3.70. The highest BCUT2D eigenvalue weighted by Gasteiger charge is 2.25. The van der Waals surface area contributed by atoms with Gasteiger partial charge in [0.1, 0.15) is 5.56 Å². The zero-order valence-corrected chi connectivity index (χ0v) is 14.4. The first-order valence-corrected chi connectivity index (χ1v) is 8.52. The van der Waals surface area contributed by atoms with Crippen molar-refractivity contribution in [2.45, 2.75) is 25.9 Å². The average molecular weight is 332 g/mol. The Morgan fingerprint density at radius 3 is 2.68 bits per heavy atom. The molecule has 25 heavy (non-hydrogen) atoms. The lowest BCUT2D eigenvalue weighted by Crippen LogP contribution is -2.31. The summed E-state index contributed by atoms with van der Waals surface area (Å²) in [6.07, 6.45) is 2.64. The third-order valence-electron chi connectivity index (χ3n) is 4.97. The van der Waals surface area contributed by atoms with Gasteiger partial charge in [0.05, 0.1) is 5.52 Å². The van der Waals surface area contributed by atoms with E-state index in [2.05, 4.69) is 17.6 Å². The second-order valence-electron chi connectivity index (χ2n) is 6.79. The van der Waals surface area contributed by atoms with Gasteiger partial charge in [-0.05, 0) is 30.5 Å². The molecule has 0 aliphatic carbocycles. The lowest BCUT2D eigenvalue weighted by atomic mass is 10.1. The highest BCUT2D eigenvalue weighted by Crippen LogP contribution is 2.31. The first kappa shape index (κ1) is 15.6. The maximum Gasteiger partial charge on any atom is 0.259 e. The van der Waals surface area contributed by atoms with Crippen molar-refractivity contribution in [3.8, 4) is 0 Å². The minimum absolute atomic E-state index is 0.174. The Labute approximate surface area is 146 Å². The molecule has 4 heteroatoms. The molecule has 1 aliphatic heterocycles. The Kier molecular flexibility index (Phi) is 3.68. The molecule has 0 saturated carbocycles. The number of nitrogens with zero attached hydrogens (tertiary/aromatic N) is 2. The number of carbonyl (C=O) groups is 1. The number of aromatic nitrogens is 1. The molecule has 0 spiro atoms. The van der Waals surface area contributed by atoms with Crippen molar-refractivity contribution in [2.75, 3.05) is 7.05 Å². The van der Waals surface area contributed by atoms with E-state index >= 15 is 0 Å². The van der Waals surface area contributed by atoms with Gasteiger partial charge in [0.15, 0.2) is 0 Å². The van der Waals surface area contributed by atoms with Crippen LogP contribution in [-0.4, -0.2) is 22.4 Å². The quantitative estimate of drug-likeness (QED) is 0.738. The van der Waals surface area contributed by atoms with Crippen molar-refractivity contribution in [3.05, 3.63) is 81.6 Å². The monoisotopic (exact) mass is 332 g/mol. The number of benzene rings is 2. The first-order chi connectivity index (χ1) is 12.1. The lowest BCUT2D eigenvalue weighted by molar-refractivity contribution is 0.0783. The topological polar surface area (TPSA) is 42.3 Å². The van der Waals surface area contributed by atoms with Gasteiger partial charge in [-0.3, -0.25) is 9.59 Å². The van der Waals surface area contributed by atoms with Crippen LogP contribution >= 0.6 is 0 Å². The minimum atomic E-state index is -0.232. The number of rotatable bonds is 3. The summed E-state index contributed by atoms with van der Waals surface area (Å²) >= 11 is 0. The molecule has 1 atom stereocenters. The average Bonchev–Trinajstić information content (AvgIpc) is 2.94. The lowest BCUT2D eigenvalue weighted by Gasteiger charge is -2.19. The summed E-state index contributed by atoms with van der Waals surface area (Å²) < 4.78 is 2.08. The number of amides is 1. The van der Waals surface area contributed by atoms with Crippen LogP contribution in [0, 0.1) is 0 Å². The van der Waals surface area contributed by atoms with Crippen LogP contribution in [0.25, 0.3) is 10.9 Å². The summed E-state index contributed by atoms with van der Waals surface area (Å²) in [7, 11) is 1.74. The maximum atomic E-state index is 12.9. The summed E-state index contributed by atoms with van der Waals surface area (Å²) in [6, 6.07) is 15.8. The van der Waals surface area contributed by atoms with Crippen molar-refractivity contribution < 1.29 is 4.79 Å². The largest absolute Gasteiger partial charge is 0.343 e. The van der Waals surface area contributed by atoms with Gasteiger partial charge in [0, 0.05) is 31.2 Å². The normalized spacial score (nSPS) is 15.5. The van der Waals surface area contributed by atoms with Crippen molar-refractivity contribution >= 4 is 16.8 Å². The smallest absolute Gasteiger partial charge is 0.259 e. The van der Waals surface area contributed by atoms with Crippen LogP contribution in [-0.2, 0) is 13.0 Å². The van der Waals surface area contributed by atoms with E-state index in [0.29, 0.717) is 11.9 Å². The Morgan fingerprint density at radius 1 is 1.16 bits per heavy atom. The summed E-state index contributed by atoms with van der Waals surface area (Å²) in [5.41, 5.74) is 3.27. The number of hydrogen-bond acceptors (Lipinski definition) is 2. The van der Waals surface area contributed by atoms with Gasteiger partial charge in [-0.15, -0.1) is 0 Å². The van der Waals surface area contributed by atoms with E-state index in [0.717, 1.165) is 17.5 Å². The molecule has 4 nitrogen and oxygen atoms in total. The van der Waals surface area contributed by atoms with Gasteiger partial charge < -0.3 is 9.47 Å². The van der Waals surface area contributed by atoms with E-state index in [1.54, 1.807) is 18.1 Å². The highest BCUT2D eigenvalue weighted by atomic mass is 16.2. The standard InChI is InChI=1S/C21H20N2O2/c1-14-11-16-9-6-10-17-19(16)23(14)13-18(20(17)24)21(25)22(2)12-15-7-4-3-5-8-15/h3-10,13-14H,11-12H2,1-2H3/t14-/m1/s1. The minimum Gasteiger partial charge on any atom is -0.343 e. The molecule has 3 aromatic rings. The zero-order chi connectivity index (χ0) is 17.6. The van der Waals surface area contributed by atoms with Crippen LogP contribution in [0.15, 0.2) is 59.5 Å². The van der Waals surface area contributed by atoms with Gasteiger partial charge >= 0.3 is 0 Å². The van der Waals surface area contributed by atoms with Crippen LogP contribution in [0.1, 0.15) is 34.5 Å². The Hall–Kier alpha value is -2.88. The fraction of sp³-hybridized carbons (Fsp3) is 0.238. The molecule has 2 heterocycles. The second kappa shape index (κ2) is 5.88. The van der Waals surface area contributed by atoms with Crippen LogP contribution in [0.3, 0.4) is 0 Å². The van der Waals surface area contributed by atoms with Crippen LogP contribution in [0.5, 0.6) is 0 Å². The Balaban J connectivity index is 1.76. The molecule has 2 aromatic carbocycles. The second-order valence-corrected chi connectivity index (χ2v) is 6.79. The number of para-hydroxylation sites is 1. The Bertz CT molecular complexity index is 1020. The zero-order valence-electron chi connectivity index (χ0n) is 14.4. The molecule has 126 valence electrons. The molecule has 1 amide bonds. The molecule has 0 fully saturated rings. The SMILES string of the molecule is C[C@@H]1Cc2cccc3c(=O)c(C(=O)N(C)Cc4ccccc4)cn1c23. The molecule has 4 rings (SSSR count). The van der Waals surface area contributed by atoms with Gasteiger partial charge in [0.2, 0.25) is 5.43 Å². The van der Waals surface area contributed by atoms with Crippen LogP contribution < -0.4 is 5.43 Å². The van der Waals surface area contributed by atoms with Crippen LogP contribution in [0.2, 0.25) is 0 Å². The van der Waals surface area contributed by atoms with E-state index in [1.807, 2.05) is 42.5 Å². The third kappa shape index (κ3) is 2.54. The predicted octanol–water partition coefficient (Wildman–Crippen LogP) is 3.39. The fourth-order valence-corrected chi connectivity index (χ4v) is 3.70. The molecular formula is C21H20N2O2. The molecule has 1 aliphatic rings. The maximum absolute atomic E-state index is 12.9. The summed E-state index contributed by atoms with van der Waals surface area (Å²) in [5.74, 6) is -0.232. The molecule has 0 bridgehead atoms. The van der Waals surface area contributed by atoms with Gasteiger partial charge in [-0.2, -0.15) is 0 Å². The van der Waals surface area contributed by atoms with Gasteiger partial charge in [-0.1, -0.05) is 42.5 Å². The van der Waals surface area contributed by atoms with Gasteiger partial charge in [0.25, 0.3) is 5.91 Å². The Morgan fingerprint density at radius 2 is 1.92 bits per heavy atom. The molecule has 0 radical (unpaired) electrons. The first-order valence-electron chi connectivity index (χ1n) is 8.52. The molecular weight excluding hydrogens is 312 g/mol. The van der Waals surface area contributed by atoms with Crippen molar-refractivity contribution in [2.24, 2.45) is 0 Å². The number of hydrogen-bond donors (Lipinski definition) is 0. The highest BCUT2D eigenvalue weighted by molar-refractivity contribution is 5.98. The molecule has 0 N–H and O–H groups in total. The van der Waals surface area contributed by atoms with E-state index in [-0.39, 0.29) is 22.9 Å². The molecule has 0 saturated heterocycles. The van der Waals surface area contributed by atoms with Crippen molar-refractivity contribution in [1.82, 2.24) is 9.47 Å². The summed E-state index contributed by atoms with van der Waals surface area (Å²) in [4.78, 5) is 27.4. The molecule has 0 unspecified atom stereocenters. The van der Waals surface area contributed by atoms with Gasteiger partial charge in [-0.25, -0.2) is 0 Å². The van der Waals surface area contributed by atoms with E-state index in [1.165, 1.54) is 5.56 Å². The van der Waals surface area contributed by atoms with Crippen molar-refractivity contribution in [1.29, 1.82) is 0 Å². The van der Waals surface area contributed by atoms with E-state index < -0.39 is 0 Å². The predicted molar refractivity (Wildman–Crippen MR) is 98.9 cm³/mol. The number of pyridine rings is 1. The summed E-state index contributed by atoms with van der Waals surface area (Å²) in [5, 5.41) is 0.640. The van der Waals surface area contributed by atoms with Crippen molar-refractivity contribution in [3.63, 3.8) is 0 Å². The summed E-state index contributed by atoms with van der Waals surface area (Å²) in [6.45, 7) is 2.60.